The van der Waals surface area contributed by atoms with E-state index in [1.165, 1.54) is 6.07 Å². The highest BCUT2D eigenvalue weighted by Crippen LogP contribution is 2.26. The molecule has 0 saturated carbocycles. The van der Waals surface area contributed by atoms with Crippen LogP contribution in [0, 0.1) is 5.82 Å². The third-order valence-corrected chi connectivity index (χ3v) is 3.48. The van der Waals surface area contributed by atoms with E-state index in [-0.39, 0.29) is 17.8 Å². The molecule has 90 valence electrons. The number of halogens is 2. The Morgan fingerprint density at radius 2 is 2.06 bits per heavy atom. The average molecular weight is 288 g/mol. The number of benzene rings is 1. The van der Waals surface area contributed by atoms with Crippen molar-refractivity contribution in [2.75, 3.05) is 0 Å². The molecule has 0 aliphatic carbocycles. The molecule has 0 spiro atoms. The van der Waals surface area contributed by atoms with Crippen molar-refractivity contribution < 1.29 is 4.39 Å². The van der Waals surface area contributed by atoms with Crippen LogP contribution in [0.5, 0.6) is 0 Å². The number of hydrogen-bond acceptors (Lipinski definition) is 1. The molecule has 0 amide bonds. The van der Waals surface area contributed by atoms with Gasteiger partial charge in [-0.3, -0.25) is 0 Å². The molecule has 0 aromatic heterocycles. The molecule has 1 nitrogen and oxygen atoms in total. The van der Waals surface area contributed by atoms with E-state index in [0.717, 1.165) is 29.3 Å². The Hall–Kier alpha value is -0.410. The van der Waals surface area contributed by atoms with Crippen LogP contribution in [-0.4, -0.2) is 6.04 Å². The van der Waals surface area contributed by atoms with Gasteiger partial charge in [0.15, 0.2) is 0 Å². The van der Waals surface area contributed by atoms with E-state index in [4.69, 9.17) is 5.73 Å². The van der Waals surface area contributed by atoms with Gasteiger partial charge in [-0.15, -0.1) is 0 Å². The highest BCUT2D eigenvalue weighted by molar-refractivity contribution is 9.10. The van der Waals surface area contributed by atoms with Gasteiger partial charge in [0.2, 0.25) is 0 Å². The lowest BCUT2D eigenvalue weighted by molar-refractivity contribution is 0.512. The van der Waals surface area contributed by atoms with Gasteiger partial charge in [-0.1, -0.05) is 29.8 Å². The summed E-state index contributed by atoms with van der Waals surface area (Å²) >= 11 is 3.37. The third-order valence-electron chi connectivity index (χ3n) is 2.98. The number of rotatable bonds is 5. The van der Waals surface area contributed by atoms with Gasteiger partial charge in [-0.05, 0) is 48.9 Å². The second-order valence-electron chi connectivity index (χ2n) is 4.31. The molecule has 0 heterocycles. The topological polar surface area (TPSA) is 26.0 Å². The predicted octanol–water partition coefficient (Wildman–Crippen LogP) is 4.21. The lowest BCUT2D eigenvalue weighted by atomic mass is 9.93. The van der Waals surface area contributed by atoms with Crippen LogP contribution in [0.1, 0.15) is 44.6 Å². The van der Waals surface area contributed by atoms with Crippen molar-refractivity contribution in [1.82, 2.24) is 0 Å². The zero-order chi connectivity index (χ0) is 12.1. The lowest BCUT2D eigenvalue weighted by Crippen LogP contribution is -2.19. The van der Waals surface area contributed by atoms with Gasteiger partial charge >= 0.3 is 0 Å². The van der Waals surface area contributed by atoms with Crippen LogP contribution in [0.3, 0.4) is 0 Å². The van der Waals surface area contributed by atoms with Crippen LogP contribution in [0.25, 0.3) is 0 Å². The first-order valence-electron chi connectivity index (χ1n) is 5.75. The molecule has 0 saturated heterocycles. The van der Waals surface area contributed by atoms with E-state index in [2.05, 4.69) is 22.9 Å². The van der Waals surface area contributed by atoms with Crippen molar-refractivity contribution in [1.29, 1.82) is 0 Å². The van der Waals surface area contributed by atoms with Gasteiger partial charge in [0.1, 0.15) is 5.82 Å². The van der Waals surface area contributed by atoms with Crippen molar-refractivity contribution in [3.63, 3.8) is 0 Å². The fraction of sp³-hybridized carbons (Fsp3) is 0.538. The van der Waals surface area contributed by atoms with E-state index in [0.29, 0.717) is 0 Å². The average Bonchev–Trinajstić information content (AvgIpc) is 2.28. The van der Waals surface area contributed by atoms with Crippen LogP contribution in [0.15, 0.2) is 22.7 Å². The molecule has 2 unspecified atom stereocenters. The molecule has 0 fully saturated rings. The van der Waals surface area contributed by atoms with Crippen LogP contribution in [0.2, 0.25) is 0 Å². The SMILES string of the molecule is CCC(N)CCC(C)c1cc(Br)ccc1F. The van der Waals surface area contributed by atoms with E-state index in [1.54, 1.807) is 6.07 Å². The Balaban J connectivity index is 2.65. The molecule has 1 aromatic rings. The molecule has 2 atom stereocenters. The maximum atomic E-state index is 13.6. The maximum Gasteiger partial charge on any atom is 0.126 e. The fourth-order valence-electron chi connectivity index (χ4n) is 1.72. The predicted molar refractivity (Wildman–Crippen MR) is 70.0 cm³/mol. The lowest BCUT2D eigenvalue weighted by Gasteiger charge is -2.15. The summed E-state index contributed by atoms with van der Waals surface area (Å²) < 4.78 is 14.5. The zero-order valence-electron chi connectivity index (χ0n) is 9.84. The minimum atomic E-state index is -0.124. The summed E-state index contributed by atoms with van der Waals surface area (Å²) in [6.07, 6.45) is 2.86. The van der Waals surface area contributed by atoms with Gasteiger partial charge in [-0.2, -0.15) is 0 Å². The van der Waals surface area contributed by atoms with Crippen molar-refractivity contribution in [2.24, 2.45) is 5.73 Å². The molecular weight excluding hydrogens is 269 g/mol. The van der Waals surface area contributed by atoms with E-state index < -0.39 is 0 Å². The monoisotopic (exact) mass is 287 g/mol. The van der Waals surface area contributed by atoms with Gasteiger partial charge in [0.05, 0.1) is 0 Å². The van der Waals surface area contributed by atoms with Crippen LogP contribution in [-0.2, 0) is 0 Å². The Bertz CT molecular complexity index is 341. The Morgan fingerprint density at radius 3 is 2.69 bits per heavy atom. The summed E-state index contributed by atoms with van der Waals surface area (Å²) in [6, 6.07) is 5.33. The Labute approximate surface area is 105 Å². The van der Waals surface area contributed by atoms with Gasteiger partial charge < -0.3 is 5.73 Å². The molecule has 1 aromatic carbocycles. The first-order valence-corrected chi connectivity index (χ1v) is 6.54. The van der Waals surface area contributed by atoms with Crippen molar-refractivity contribution >= 4 is 15.9 Å². The minimum Gasteiger partial charge on any atom is -0.328 e. The van der Waals surface area contributed by atoms with Crippen LogP contribution < -0.4 is 5.73 Å². The summed E-state index contributed by atoms with van der Waals surface area (Å²) in [5.41, 5.74) is 6.64. The third kappa shape index (κ3) is 3.87. The summed E-state index contributed by atoms with van der Waals surface area (Å²) in [7, 11) is 0. The molecule has 3 heteroatoms. The highest BCUT2D eigenvalue weighted by Gasteiger charge is 2.12. The molecule has 0 aliphatic rings. The summed E-state index contributed by atoms with van der Waals surface area (Å²) in [5, 5.41) is 0. The highest BCUT2D eigenvalue weighted by atomic mass is 79.9. The van der Waals surface area contributed by atoms with Crippen LogP contribution >= 0.6 is 15.9 Å². The Kier molecular flexibility index (Phi) is 5.42. The first-order chi connectivity index (χ1) is 7.54. The Morgan fingerprint density at radius 1 is 1.38 bits per heavy atom. The van der Waals surface area contributed by atoms with Crippen molar-refractivity contribution in [3.05, 3.63) is 34.1 Å². The summed E-state index contributed by atoms with van der Waals surface area (Å²) in [6.45, 7) is 4.13. The van der Waals surface area contributed by atoms with Crippen molar-refractivity contribution in [3.8, 4) is 0 Å². The smallest absolute Gasteiger partial charge is 0.126 e. The number of nitrogens with two attached hydrogens (primary N) is 1. The minimum absolute atomic E-state index is 0.124. The molecule has 0 bridgehead atoms. The standard InChI is InChI=1S/C13H19BrFN/c1-3-11(16)6-4-9(2)12-8-10(14)5-7-13(12)15/h5,7-9,11H,3-4,6,16H2,1-2H3. The fourth-order valence-corrected chi connectivity index (χ4v) is 2.09. The van der Waals surface area contributed by atoms with Gasteiger partial charge in [0, 0.05) is 10.5 Å². The van der Waals surface area contributed by atoms with E-state index >= 15 is 0 Å². The van der Waals surface area contributed by atoms with Crippen molar-refractivity contribution in [2.45, 2.75) is 45.1 Å². The van der Waals surface area contributed by atoms with Gasteiger partial charge in [0.25, 0.3) is 0 Å². The molecular formula is C13H19BrFN. The van der Waals surface area contributed by atoms with E-state index in [9.17, 15) is 4.39 Å². The zero-order valence-corrected chi connectivity index (χ0v) is 11.4. The largest absolute Gasteiger partial charge is 0.328 e. The molecule has 0 radical (unpaired) electrons. The van der Waals surface area contributed by atoms with Crippen LogP contribution in [0.4, 0.5) is 4.39 Å². The number of hydrogen-bond donors (Lipinski definition) is 1. The summed E-state index contributed by atoms with van der Waals surface area (Å²) in [5.74, 6) is 0.0934. The summed E-state index contributed by atoms with van der Waals surface area (Å²) in [4.78, 5) is 0. The molecule has 0 aliphatic heterocycles. The maximum absolute atomic E-state index is 13.6. The second-order valence-corrected chi connectivity index (χ2v) is 5.23. The molecule has 1 rings (SSSR count). The normalized spacial score (nSPS) is 14.8. The van der Waals surface area contributed by atoms with E-state index in [1.807, 2.05) is 13.0 Å². The molecule has 2 N–H and O–H groups in total. The van der Waals surface area contributed by atoms with Gasteiger partial charge in [-0.25, -0.2) is 4.39 Å². The first kappa shape index (κ1) is 13.7. The quantitative estimate of drug-likeness (QED) is 0.863. The molecule has 16 heavy (non-hydrogen) atoms. The second kappa shape index (κ2) is 6.36.